The molecule has 0 aromatic heterocycles. The second-order valence-corrected chi connectivity index (χ2v) is 7.84. The van der Waals surface area contributed by atoms with Gasteiger partial charge in [0.2, 0.25) is 5.91 Å². The molecule has 0 saturated carbocycles. The molecule has 0 radical (unpaired) electrons. The number of hydrogen-bond acceptors (Lipinski definition) is 4. The average molecular weight is 358 g/mol. The van der Waals surface area contributed by atoms with Gasteiger partial charge in [0.25, 0.3) is 0 Å². The van der Waals surface area contributed by atoms with Crippen molar-refractivity contribution in [2.75, 3.05) is 24.5 Å². The summed E-state index contributed by atoms with van der Waals surface area (Å²) < 4.78 is 5.76. The van der Waals surface area contributed by atoms with E-state index in [9.17, 15) is 14.7 Å². The smallest absolute Gasteiger partial charge is 0.310 e. The van der Waals surface area contributed by atoms with Crippen LogP contribution in [-0.4, -0.2) is 59.8 Å². The van der Waals surface area contributed by atoms with E-state index in [1.165, 1.54) is 11.3 Å². The number of carbonyl (C=O) groups excluding carboxylic acids is 1. The highest BCUT2D eigenvalue weighted by Gasteiger charge is 2.56. The Hall–Kier alpha value is -2.08. The molecule has 1 aromatic carbocycles. The van der Waals surface area contributed by atoms with Gasteiger partial charge >= 0.3 is 5.97 Å². The van der Waals surface area contributed by atoms with E-state index in [1.807, 2.05) is 4.90 Å². The molecular formula is C20H26N2O4. The second kappa shape index (κ2) is 6.58. The molecule has 6 nitrogen and oxygen atoms in total. The number of carboxylic acid groups (broad SMARTS) is 1. The number of carbonyl (C=O) groups is 2. The largest absolute Gasteiger partial charge is 0.481 e. The quantitative estimate of drug-likeness (QED) is 0.894. The summed E-state index contributed by atoms with van der Waals surface area (Å²) in [6, 6.07) is 8.63. The van der Waals surface area contributed by atoms with E-state index in [4.69, 9.17) is 4.74 Å². The third-order valence-electron chi connectivity index (χ3n) is 6.15. The highest BCUT2D eigenvalue weighted by molar-refractivity contribution is 5.87. The van der Waals surface area contributed by atoms with Crippen molar-refractivity contribution in [2.45, 2.75) is 44.9 Å². The minimum Gasteiger partial charge on any atom is -0.481 e. The van der Waals surface area contributed by atoms with Crippen LogP contribution >= 0.6 is 0 Å². The van der Waals surface area contributed by atoms with Crippen LogP contribution in [0.4, 0.5) is 5.69 Å². The molecule has 140 valence electrons. The Morgan fingerprint density at radius 3 is 2.35 bits per heavy atom. The summed E-state index contributed by atoms with van der Waals surface area (Å²) in [5.41, 5.74) is 2.40. The standard InChI is InChI=1S/C20H26N2O4/c1-12-3-5-14(6-4-12)22-10-9-21(11-13(22)2)19(23)17-15-7-8-16(26-15)18(17)20(24)25/h3-6,13,15-18H,7-11H2,1-2H3,(H,24,25)/t13-,15-,16+,17+,18-/m0/s1. The fourth-order valence-electron chi connectivity index (χ4n) is 4.79. The first kappa shape index (κ1) is 17.3. The van der Waals surface area contributed by atoms with Gasteiger partial charge in [-0.1, -0.05) is 17.7 Å². The number of carboxylic acids is 1. The fourth-order valence-corrected chi connectivity index (χ4v) is 4.79. The summed E-state index contributed by atoms with van der Waals surface area (Å²) in [5.74, 6) is -2.15. The number of nitrogens with zero attached hydrogens (tertiary/aromatic N) is 2. The molecule has 3 fully saturated rings. The van der Waals surface area contributed by atoms with Gasteiger partial charge < -0.3 is 19.6 Å². The van der Waals surface area contributed by atoms with Crippen LogP contribution in [0.1, 0.15) is 25.3 Å². The number of aryl methyl sites for hydroxylation is 1. The van der Waals surface area contributed by atoms with E-state index in [0.717, 1.165) is 19.4 Å². The predicted octanol–water partition coefficient (Wildman–Crippen LogP) is 1.91. The maximum Gasteiger partial charge on any atom is 0.310 e. The fraction of sp³-hybridized carbons (Fsp3) is 0.600. The zero-order valence-electron chi connectivity index (χ0n) is 15.3. The molecule has 3 saturated heterocycles. The van der Waals surface area contributed by atoms with E-state index in [2.05, 4.69) is 43.0 Å². The Balaban J connectivity index is 1.46. The SMILES string of the molecule is Cc1ccc(N2CCN(C(=O)[C@H]3[C@@H](C(=O)O)[C@H]4CC[C@@H]3O4)C[C@@H]2C)cc1. The zero-order valence-corrected chi connectivity index (χ0v) is 15.3. The zero-order chi connectivity index (χ0) is 18.4. The Labute approximate surface area is 153 Å². The van der Waals surface area contributed by atoms with Crippen LogP contribution in [0.2, 0.25) is 0 Å². The van der Waals surface area contributed by atoms with E-state index < -0.39 is 17.8 Å². The molecule has 26 heavy (non-hydrogen) atoms. The van der Waals surface area contributed by atoms with Crippen molar-refractivity contribution in [3.05, 3.63) is 29.8 Å². The van der Waals surface area contributed by atoms with E-state index in [-0.39, 0.29) is 24.2 Å². The number of hydrogen-bond donors (Lipinski definition) is 1. The first-order chi connectivity index (χ1) is 12.5. The molecule has 1 aromatic rings. The number of amides is 1. The number of benzene rings is 1. The summed E-state index contributed by atoms with van der Waals surface area (Å²) in [6.45, 7) is 6.19. The lowest BCUT2D eigenvalue weighted by Crippen LogP contribution is -2.56. The van der Waals surface area contributed by atoms with Crippen LogP contribution in [0.5, 0.6) is 0 Å². The molecular weight excluding hydrogens is 332 g/mol. The number of piperazine rings is 1. The van der Waals surface area contributed by atoms with Crippen LogP contribution in [-0.2, 0) is 14.3 Å². The van der Waals surface area contributed by atoms with Crippen LogP contribution in [0, 0.1) is 18.8 Å². The third kappa shape index (κ3) is 2.86. The van der Waals surface area contributed by atoms with Gasteiger partial charge in [-0.05, 0) is 38.8 Å². The van der Waals surface area contributed by atoms with Gasteiger partial charge in [-0.15, -0.1) is 0 Å². The van der Waals surface area contributed by atoms with Crippen molar-refractivity contribution >= 4 is 17.6 Å². The van der Waals surface area contributed by atoms with Crippen molar-refractivity contribution < 1.29 is 19.4 Å². The summed E-state index contributed by atoms with van der Waals surface area (Å²) in [5, 5.41) is 9.56. The van der Waals surface area contributed by atoms with Gasteiger partial charge in [-0.25, -0.2) is 0 Å². The maximum absolute atomic E-state index is 13.1. The van der Waals surface area contributed by atoms with Crippen molar-refractivity contribution in [3.63, 3.8) is 0 Å². The number of anilines is 1. The highest BCUT2D eigenvalue weighted by atomic mass is 16.5. The van der Waals surface area contributed by atoms with Crippen molar-refractivity contribution in [1.82, 2.24) is 4.90 Å². The summed E-state index contributed by atoms with van der Waals surface area (Å²) >= 11 is 0. The Kier molecular flexibility index (Phi) is 4.39. The molecule has 1 amide bonds. The van der Waals surface area contributed by atoms with E-state index in [1.54, 1.807) is 0 Å². The van der Waals surface area contributed by atoms with Crippen molar-refractivity contribution in [1.29, 1.82) is 0 Å². The van der Waals surface area contributed by atoms with Gasteiger partial charge in [-0.2, -0.15) is 0 Å². The summed E-state index contributed by atoms with van der Waals surface area (Å²) in [6.07, 6.45) is 1.03. The first-order valence-corrected chi connectivity index (χ1v) is 9.46. The van der Waals surface area contributed by atoms with Crippen molar-refractivity contribution in [2.24, 2.45) is 11.8 Å². The molecule has 0 unspecified atom stereocenters. The summed E-state index contributed by atoms with van der Waals surface area (Å²) in [4.78, 5) is 28.9. The average Bonchev–Trinajstić information content (AvgIpc) is 3.23. The normalized spacial score (nSPS) is 33.5. The summed E-state index contributed by atoms with van der Waals surface area (Å²) in [7, 11) is 0. The Bertz CT molecular complexity index is 704. The minimum atomic E-state index is -0.901. The lowest BCUT2D eigenvalue weighted by molar-refractivity contribution is -0.151. The van der Waals surface area contributed by atoms with Crippen molar-refractivity contribution in [3.8, 4) is 0 Å². The van der Waals surface area contributed by atoms with Gasteiger partial charge in [0, 0.05) is 31.4 Å². The Morgan fingerprint density at radius 1 is 1.08 bits per heavy atom. The lowest BCUT2D eigenvalue weighted by Gasteiger charge is -2.43. The van der Waals surface area contributed by atoms with Gasteiger partial charge in [-0.3, -0.25) is 9.59 Å². The van der Waals surface area contributed by atoms with Gasteiger partial charge in [0.15, 0.2) is 0 Å². The minimum absolute atomic E-state index is 0.0417. The molecule has 1 N–H and O–H groups in total. The lowest BCUT2D eigenvalue weighted by atomic mass is 9.78. The molecule has 2 bridgehead atoms. The predicted molar refractivity (Wildman–Crippen MR) is 97.1 cm³/mol. The second-order valence-electron chi connectivity index (χ2n) is 7.84. The van der Waals surface area contributed by atoms with E-state index >= 15 is 0 Å². The van der Waals surface area contributed by atoms with Gasteiger partial charge in [0.1, 0.15) is 0 Å². The highest BCUT2D eigenvalue weighted by Crippen LogP contribution is 2.44. The van der Waals surface area contributed by atoms with Crippen LogP contribution in [0.3, 0.4) is 0 Å². The van der Waals surface area contributed by atoms with E-state index in [0.29, 0.717) is 13.1 Å². The molecule has 4 rings (SSSR count). The maximum atomic E-state index is 13.1. The van der Waals surface area contributed by atoms with Gasteiger partial charge in [0.05, 0.1) is 24.0 Å². The number of rotatable bonds is 3. The molecule has 3 aliphatic heterocycles. The number of fused-ring (bicyclic) bond motifs is 2. The first-order valence-electron chi connectivity index (χ1n) is 9.46. The molecule has 6 heteroatoms. The van der Waals surface area contributed by atoms with Crippen LogP contribution in [0.15, 0.2) is 24.3 Å². The molecule has 0 aliphatic carbocycles. The molecule has 0 spiro atoms. The molecule has 3 heterocycles. The molecule has 3 aliphatic rings. The topological polar surface area (TPSA) is 70.1 Å². The van der Waals surface area contributed by atoms with Crippen LogP contribution < -0.4 is 4.90 Å². The monoisotopic (exact) mass is 358 g/mol. The van der Waals surface area contributed by atoms with Crippen LogP contribution in [0.25, 0.3) is 0 Å². The molecule has 5 atom stereocenters. The Morgan fingerprint density at radius 2 is 1.73 bits per heavy atom. The third-order valence-corrected chi connectivity index (χ3v) is 6.15. The number of aliphatic carboxylic acids is 1. The number of ether oxygens (including phenoxy) is 1.